The molecule has 1 saturated heterocycles. The summed E-state index contributed by atoms with van der Waals surface area (Å²) in [6, 6.07) is 9.16. The Labute approximate surface area is 181 Å². The Bertz CT molecular complexity index is 795. The van der Waals surface area contributed by atoms with Crippen LogP contribution in [0, 0.1) is 5.92 Å². The highest BCUT2D eigenvalue weighted by atomic mass is 35.5. The molecule has 1 heterocycles. The van der Waals surface area contributed by atoms with Gasteiger partial charge in [0.2, 0.25) is 0 Å². The number of hydrogen-bond donors (Lipinski definition) is 2. The molecular formula is C21H25Cl3N2O2. The summed E-state index contributed by atoms with van der Waals surface area (Å²) in [4.78, 5) is 0. The van der Waals surface area contributed by atoms with E-state index in [9.17, 15) is 0 Å². The van der Waals surface area contributed by atoms with Gasteiger partial charge in [-0.15, -0.1) is 0 Å². The number of halogens is 3. The van der Waals surface area contributed by atoms with Crippen LogP contribution in [0.15, 0.2) is 30.3 Å². The van der Waals surface area contributed by atoms with Gasteiger partial charge in [0, 0.05) is 17.6 Å². The van der Waals surface area contributed by atoms with Crippen molar-refractivity contribution in [2.24, 2.45) is 5.92 Å². The van der Waals surface area contributed by atoms with E-state index in [2.05, 4.69) is 10.6 Å². The molecule has 0 aromatic heterocycles. The number of hydrogen-bond acceptors (Lipinski definition) is 4. The summed E-state index contributed by atoms with van der Waals surface area (Å²) >= 11 is 18.5. The van der Waals surface area contributed by atoms with Crippen LogP contribution in [-0.4, -0.2) is 26.7 Å². The van der Waals surface area contributed by atoms with Gasteiger partial charge in [-0.1, -0.05) is 40.9 Å². The van der Waals surface area contributed by atoms with Crippen molar-refractivity contribution < 1.29 is 9.47 Å². The summed E-state index contributed by atoms with van der Waals surface area (Å²) in [5, 5.41) is 8.58. The molecular weight excluding hydrogens is 419 g/mol. The summed E-state index contributed by atoms with van der Waals surface area (Å²) in [6.45, 7) is 4.25. The molecule has 0 bridgehead atoms. The van der Waals surface area contributed by atoms with Crippen molar-refractivity contribution in [3.8, 4) is 11.5 Å². The highest BCUT2D eigenvalue weighted by Crippen LogP contribution is 2.34. The van der Waals surface area contributed by atoms with Crippen molar-refractivity contribution in [2.75, 3.05) is 26.7 Å². The first-order chi connectivity index (χ1) is 13.6. The lowest BCUT2D eigenvalue weighted by Gasteiger charge is -2.23. The summed E-state index contributed by atoms with van der Waals surface area (Å²) in [6.07, 6.45) is 2.43. The van der Waals surface area contributed by atoms with Crippen molar-refractivity contribution >= 4 is 34.8 Å². The molecule has 0 aliphatic carbocycles. The molecule has 1 aliphatic heterocycles. The third-order valence-corrected chi connectivity index (χ3v) is 6.01. The van der Waals surface area contributed by atoms with Gasteiger partial charge in [-0.05, 0) is 67.7 Å². The van der Waals surface area contributed by atoms with Gasteiger partial charge in [0.15, 0.2) is 11.5 Å². The van der Waals surface area contributed by atoms with Gasteiger partial charge in [0.1, 0.15) is 6.61 Å². The molecule has 0 amide bonds. The predicted molar refractivity (Wildman–Crippen MR) is 116 cm³/mol. The minimum atomic E-state index is 0.344. The third-order valence-electron chi connectivity index (χ3n) is 4.92. The van der Waals surface area contributed by atoms with Gasteiger partial charge in [-0.3, -0.25) is 0 Å². The average molecular weight is 444 g/mol. The average Bonchev–Trinajstić information content (AvgIpc) is 2.71. The number of benzene rings is 2. The molecule has 28 heavy (non-hydrogen) atoms. The lowest BCUT2D eigenvalue weighted by Crippen LogP contribution is -2.33. The van der Waals surface area contributed by atoms with Gasteiger partial charge in [-0.2, -0.15) is 0 Å². The maximum Gasteiger partial charge on any atom is 0.163 e. The molecule has 0 radical (unpaired) electrons. The molecule has 0 spiro atoms. The molecule has 2 aromatic carbocycles. The molecule has 1 fully saturated rings. The maximum absolute atomic E-state index is 6.48. The van der Waals surface area contributed by atoms with Gasteiger partial charge < -0.3 is 20.1 Å². The summed E-state index contributed by atoms with van der Waals surface area (Å²) in [7, 11) is 1.63. The Balaban J connectivity index is 1.60. The number of ether oxygens (including phenoxy) is 2. The fourth-order valence-electron chi connectivity index (χ4n) is 3.27. The van der Waals surface area contributed by atoms with E-state index < -0.39 is 0 Å². The topological polar surface area (TPSA) is 42.5 Å². The molecule has 152 valence electrons. The number of methoxy groups -OCH3 is 1. The van der Waals surface area contributed by atoms with E-state index >= 15 is 0 Å². The normalized spacial score (nSPS) is 14.9. The molecule has 3 rings (SSSR count). The monoisotopic (exact) mass is 442 g/mol. The zero-order valence-electron chi connectivity index (χ0n) is 15.9. The summed E-state index contributed by atoms with van der Waals surface area (Å²) < 4.78 is 11.4. The van der Waals surface area contributed by atoms with Crippen LogP contribution >= 0.6 is 34.8 Å². The second kappa shape index (κ2) is 10.6. The fourth-order valence-corrected chi connectivity index (χ4v) is 3.81. The lowest BCUT2D eigenvalue weighted by molar-refractivity contribution is 0.284. The summed E-state index contributed by atoms with van der Waals surface area (Å²) in [5.41, 5.74) is 1.91. The van der Waals surface area contributed by atoms with Crippen LogP contribution in [-0.2, 0) is 13.2 Å². The highest BCUT2D eigenvalue weighted by Gasteiger charge is 2.14. The Hall–Kier alpha value is -1.17. The van der Waals surface area contributed by atoms with Crippen molar-refractivity contribution in [1.82, 2.24) is 10.6 Å². The fraction of sp³-hybridized carbons (Fsp3) is 0.429. The second-order valence-corrected chi connectivity index (χ2v) is 8.18. The first-order valence-corrected chi connectivity index (χ1v) is 10.5. The molecule has 7 heteroatoms. The summed E-state index contributed by atoms with van der Waals surface area (Å²) in [5.74, 6) is 1.97. The van der Waals surface area contributed by atoms with E-state index in [1.54, 1.807) is 25.3 Å². The minimum absolute atomic E-state index is 0.344. The van der Waals surface area contributed by atoms with Crippen LogP contribution in [0.1, 0.15) is 24.0 Å². The van der Waals surface area contributed by atoms with Crippen molar-refractivity contribution in [2.45, 2.75) is 26.0 Å². The predicted octanol–water partition coefficient (Wildman–Crippen LogP) is 5.32. The number of nitrogens with one attached hydrogen (secondary N) is 2. The SMILES string of the molecule is COc1cc(CNCC2CCNCC2)c(Cl)cc1OCc1ccc(Cl)c(Cl)c1. The molecule has 0 atom stereocenters. The number of rotatable bonds is 8. The lowest BCUT2D eigenvalue weighted by atomic mass is 9.98. The first kappa shape index (κ1) is 21.5. The molecule has 1 aliphatic rings. The van der Waals surface area contributed by atoms with E-state index in [-0.39, 0.29) is 0 Å². The zero-order chi connectivity index (χ0) is 19.9. The van der Waals surface area contributed by atoms with Crippen molar-refractivity contribution in [3.05, 3.63) is 56.5 Å². The van der Waals surface area contributed by atoms with Crippen molar-refractivity contribution in [1.29, 1.82) is 0 Å². The van der Waals surface area contributed by atoms with E-state index in [1.807, 2.05) is 12.1 Å². The van der Waals surface area contributed by atoms with Crippen LogP contribution in [0.25, 0.3) is 0 Å². The Morgan fingerprint density at radius 2 is 1.79 bits per heavy atom. The smallest absolute Gasteiger partial charge is 0.163 e. The zero-order valence-corrected chi connectivity index (χ0v) is 18.1. The van der Waals surface area contributed by atoms with Crippen LogP contribution in [0.5, 0.6) is 11.5 Å². The molecule has 2 aromatic rings. The van der Waals surface area contributed by atoms with Gasteiger partial charge in [-0.25, -0.2) is 0 Å². The van der Waals surface area contributed by atoms with Crippen molar-refractivity contribution in [3.63, 3.8) is 0 Å². The van der Waals surface area contributed by atoms with E-state index in [0.717, 1.165) is 36.7 Å². The van der Waals surface area contributed by atoms with Gasteiger partial charge in [0.25, 0.3) is 0 Å². The van der Waals surface area contributed by atoms with Gasteiger partial charge >= 0.3 is 0 Å². The Morgan fingerprint density at radius 1 is 1.00 bits per heavy atom. The molecule has 4 nitrogen and oxygen atoms in total. The molecule has 2 N–H and O–H groups in total. The standard InChI is InChI=1S/C21H25Cl3N2O2/c1-27-20-9-16(12-26-11-14-4-6-25-7-5-14)18(23)10-21(20)28-13-15-2-3-17(22)19(24)8-15/h2-3,8-10,14,25-26H,4-7,11-13H2,1H3. The maximum atomic E-state index is 6.48. The van der Waals surface area contributed by atoms with Gasteiger partial charge in [0.05, 0.1) is 17.2 Å². The van der Waals surface area contributed by atoms with E-state index in [4.69, 9.17) is 44.3 Å². The van der Waals surface area contributed by atoms with Crippen LogP contribution in [0.2, 0.25) is 15.1 Å². The van der Waals surface area contributed by atoms with Crippen LogP contribution in [0.3, 0.4) is 0 Å². The van der Waals surface area contributed by atoms with E-state index in [0.29, 0.717) is 39.7 Å². The third kappa shape index (κ3) is 5.91. The van der Waals surface area contributed by atoms with E-state index in [1.165, 1.54) is 12.8 Å². The van der Waals surface area contributed by atoms with Crippen LogP contribution < -0.4 is 20.1 Å². The largest absolute Gasteiger partial charge is 0.493 e. The minimum Gasteiger partial charge on any atom is -0.493 e. The molecule has 0 unspecified atom stereocenters. The quantitative estimate of drug-likeness (QED) is 0.579. The molecule has 0 saturated carbocycles. The Morgan fingerprint density at radius 3 is 2.50 bits per heavy atom. The second-order valence-electron chi connectivity index (χ2n) is 6.96. The highest BCUT2D eigenvalue weighted by molar-refractivity contribution is 6.42. The van der Waals surface area contributed by atoms with Crippen LogP contribution in [0.4, 0.5) is 0 Å². The number of piperidine rings is 1. The Kier molecular flexibility index (Phi) is 8.12. The first-order valence-electron chi connectivity index (χ1n) is 9.41.